The van der Waals surface area contributed by atoms with E-state index in [0.29, 0.717) is 23.5 Å². The SMILES string of the molecule is CCOC(=O)c1ccc(S(=O)(=O)Oc2ccc(C)cc2OCCCON(C(=N)NC(=O)OC(C)(C)C)C(=O)OC(C)(C)C)c(S(=O)(=O)N2CCCCC2)c1. The van der Waals surface area contributed by atoms with Crippen molar-refractivity contribution in [2.45, 2.75) is 102 Å². The van der Waals surface area contributed by atoms with Crippen LogP contribution < -0.4 is 14.2 Å². The quantitative estimate of drug-likeness (QED) is 0.0487. The maximum absolute atomic E-state index is 13.8. The molecule has 300 valence electrons. The summed E-state index contributed by atoms with van der Waals surface area (Å²) in [5.74, 6) is -1.85. The van der Waals surface area contributed by atoms with Gasteiger partial charge in [0, 0.05) is 19.5 Å². The molecule has 0 aromatic heterocycles. The van der Waals surface area contributed by atoms with Gasteiger partial charge < -0.3 is 23.1 Å². The first-order valence-electron chi connectivity index (χ1n) is 17.3. The third-order valence-electron chi connectivity index (χ3n) is 7.10. The molecule has 1 aliphatic rings. The third-order valence-corrected chi connectivity index (χ3v) is 10.5. The molecule has 0 bridgehead atoms. The lowest BCUT2D eigenvalue weighted by Gasteiger charge is -2.27. The van der Waals surface area contributed by atoms with Gasteiger partial charge in [-0.25, -0.2) is 22.8 Å². The van der Waals surface area contributed by atoms with E-state index in [2.05, 4.69) is 5.32 Å². The number of nitrogens with one attached hydrogen (secondary N) is 2. The molecule has 1 heterocycles. The highest BCUT2D eigenvalue weighted by molar-refractivity contribution is 7.91. The molecular formula is C35H50N4O13S2. The summed E-state index contributed by atoms with van der Waals surface area (Å²) in [6.07, 6.45) is 0.00117. The second-order valence-corrected chi connectivity index (χ2v) is 17.5. The number of carbonyl (C=O) groups excluding carboxylic acids is 3. The van der Waals surface area contributed by atoms with Gasteiger partial charge in [0.2, 0.25) is 16.0 Å². The van der Waals surface area contributed by atoms with Gasteiger partial charge in [-0.05, 0) is 104 Å². The maximum atomic E-state index is 13.8. The largest absolute Gasteiger partial charge is 0.490 e. The normalized spacial score (nSPS) is 14.1. The van der Waals surface area contributed by atoms with E-state index in [4.69, 9.17) is 33.4 Å². The Bertz CT molecular complexity index is 1900. The van der Waals surface area contributed by atoms with Crippen LogP contribution in [0, 0.1) is 12.3 Å². The summed E-state index contributed by atoms with van der Waals surface area (Å²) in [6, 6.07) is 7.55. The van der Waals surface area contributed by atoms with Gasteiger partial charge in [0.15, 0.2) is 11.5 Å². The van der Waals surface area contributed by atoms with Crippen LogP contribution in [-0.4, -0.2) is 94.4 Å². The third kappa shape index (κ3) is 12.8. The number of hydrogen-bond donors (Lipinski definition) is 2. The molecule has 54 heavy (non-hydrogen) atoms. The van der Waals surface area contributed by atoms with Gasteiger partial charge in [-0.3, -0.25) is 15.6 Å². The molecule has 0 saturated carbocycles. The molecule has 2 amide bonds. The lowest BCUT2D eigenvalue weighted by Crippen LogP contribution is -2.49. The van der Waals surface area contributed by atoms with E-state index >= 15 is 0 Å². The molecule has 0 unspecified atom stereocenters. The fourth-order valence-electron chi connectivity index (χ4n) is 4.82. The lowest BCUT2D eigenvalue weighted by atomic mass is 10.2. The minimum atomic E-state index is -4.85. The van der Waals surface area contributed by atoms with Crippen LogP contribution in [-0.2, 0) is 39.2 Å². The average molecular weight is 799 g/mol. The highest BCUT2D eigenvalue weighted by Gasteiger charge is 2.35. The van der Waals surface area contributed by atoms with E-state index in [-0.39, 0.29) is 56.4 Å². The fourth-order valence-corrected chi connectivity index (χ4v) is 8.06. The van der Waals surface area contributed by atoms with Crippen molar-refractivity contribution in [2.24, 2.45) is 0 Å². The molecule has 0 radical (unpaired) electrons. The Morgan fingerprint density at radius 2 is 1.50 bits per heavy atom. The summed E-state index contributed by atoms with van der Waals surface area (Å²) in [6.45, 7) is 13.1. The zero-order valence-electron chi connectivity index (χ0n) is 31.8. The number of ether oxygens (including phenoxy) is 4. The number of sulfonamides is 1. The topological polar surface area (TPSA) is 217 Å². The zero-order chi connectivity index (χ0) is 40.5. The number of aryl methyl sites for hydroxylation is 1. The maximum Gasteiger partial charge on any atom is 0.442 e. The second kappa shape index (κ2) is 18.2. The zero-order valence-corrected chi connectivity index (χ0v) is 33.5. The van der Waals surface area contributed by atoms with Crippen LogP contribution in [0.5, 0.6) is 11.5 Å². The average Bonchev–Trinajstić information content (AvgIpc) is 3.05. The van der Waals surface area contributed by atoms with E-state index in [9.17, 15) is 31.2 Å². The van der Waals surface area contributed by atoms with Crippen LogP contribution >= 0.6 is 0 Å². The first-order valence-corrected chi connectivity index (χ1v) is 20.1. The minimum Gasteiger partial charge on any atom is -0.490 e. The van der Waals surface area contributed by atoms with Gasteiger partial charge >= 0.3 is 28.3 Å². The number of guanidine groups is 1. The van der Waals surface area contributed by atoms with E-state index in [1.165, 1.54) is 16.4 Å². The van der Waals surface area contributed by atoms with Gasteiger partial charge in [0.1, 0.15) is 21.0 Å². The molecule has 19 heteroatoms. The monoisotopic (exact) mass is 798 g/mol. The number of hydroxylamine groups is 2. The molecule has 1 aliphatic heterocycles. The van der Waals surface area contributed by atoms with E-state index in [1.807, 2.05) is 0 Å². The number of hydrogen-bond acceptors (Lipinski definition) is 14. The molecule has 0 atom stereocenters. The Morgan fingerprint density at radius 3 is 2.11 bits per heavy atom. The number of alkyl carbamates (subject to hydrolysis) is 1. The Labute approximate surface area is 316 Å². The van der Waals surface area contributed by atoms with Crippen molar-refractivity contribution in [3.63, 3.8) is 0 Å². The van der Waals surface area contributed by atoms with Crippen molar-refractivity contribution in [1.29, 1.82) is 5.41 Å². The molecule has 2 N–H and O–H groups in total. The van der Waals surface area contributed by atoms with Crippen LogP contribution in [0.2, 0.25) is 0 Å². The van der Waals surface area contributed by atoms with Gasteiger partial charge in [0.05, 0.1) is 25.4 Å². The van der Waals surface area contributed by atoms with Crippen molar-refractivity contribution >= 4 is 44.3 Å². The summed E-state index contributed by atoms with van der Waals surface area (Å²) in [5.41, 5.74) is -1.30. The lowest BCUT2D eigenvalue weighted by molar-refractivity contribution is -0.104. The standard InChI is InChI=1S/C35H50N4O13S2/c1-9-47-30(40)25-15-17-28(29(23-25)53(43,44)38-18-11-10-12-19-38)54(45,46)52-26-16-14-24(2)22-27(26)48-20-13-21-49-39(33(42)51-35(6,7)8)31(36)37-32(41)50-34(3,4)5/h14-17,22-23H,9-13,18-21H2,1-8H3,(H2,36,37,41). The summed E-state index contributed by atoms with van der Waals surface area (Å²) < 4.78 is 83.2. The summed E-state index contributed by atoms with van der Waals surface area (Å²) >= 11 is 0. The van der Waals surface area contributed by atoms with Crippen LogP contribution in [0.1, 0.15) is 90.1 Å². The van der Waals surface area contributed by atoms with Gasteiger partial charge in [0.25, 0.3) is 0 Å². The van der Waals surface area contributed by atoms with Crippen molar-refractivity contribution < 1.29 is 59.2 Å². The van der Waals surface area contributed by atoms with Gasteiger partial charge in [-0.15, -0.1) is 5.06 Å². The van der Waals surface area contributed by atoms with Gasteiger partial charge in [-0.1, -0.05) is 12.5 Å². The van der Waals surface area contributed by atoms with E-state index in [1.54, 1.807) is 61.5 Å². The highest BCUT2D eigenvalue weighted by Crippen LogP contribution is 2.34. The molecule has 1 saturated heterocycles. The first-order chi connectivity index (χ1) is 25.0. The number of amides is 2. The van der Waals surface area contributed by atoms with Gasteiger partial charge in [-0.2, -0.15) is 12.7 Å². The number of rotatable bonds is 13. The number of nitrogens with zero attached hydrogens (tertiary/aromatic N) is 2. The number of benzene rings is 2. The van der Waals surface area contributed by atoms with Crippen LogP contribution in [0.25, 0.3) is 0 Å². The smallest absolute Gasteiger partial charge is 0.442 e. The molecule has 0 spiro atoms. The van der Waals surface area contributed by atoms with Crippen molar-refractivity contribution in [3.05, 3.63) is 47.5 Å². The van der Waals surface area contributed by atoms with Crippen molar-refractivity contribution in [3.8, 4) is 11.5 Å². The first kappa shape index (κ1) is 43.9. The van der Waals surface area contributed by atoms with Crippen LogP contribution in [0.15, 0.2) is 46.2 Å². The molecular weight excluding hydrogens is 749 g/mol. The van der Waals surface area contributed by atoms with E-state index < -0.39 is 65.2 Å². The Hall–Kier alpha value is -4.46. The molecule has 3 rings (SSSR count). The van der Waals surface area contributed by atoms with Crippen LogP contribution in [0.3, 0.4) is 0 Å². The Kier molecular flexibility index (Phi) is 14.8. The molecule has 0 aliphatic carbocycles. The van der Waals surface area contributed by atoms with Crippen molar-refractivity contribution in [2.75, 3.05) is 32.9 Å². The fraction of sp³-hybridized carbons (Fsp3) is 0.543. The highest BCUT2D eigenvalue weighted by atomic mass is 32.2. The number of carbonyl (C=O) groups is 3. The summed E-state index contributed by atoms with van der Waals surface area (Å²) in [5, 5.41) is 10.8. The molecule has 2 aromatic carbocycles. The predicted octanol–water partition coefficient (Wildman–Crippen LogP) is 5.51. The van der Waals surface area contributed by atoms with E-state index in [0.717, 1.165) is 24.6 Å². The summed E-state index contributed by atoms with van der Waals surface area (Å²) in [4.78, 5) is 41.8. The molecule has 2 aromatic rings. The van der Waals surface area contributed by atoms with Crippen molar-refractivity contribution in [1.82, 2.24) is 14.7 Å². The Morgan fingerprint density at radius 1 is 0.852 bits per heavy atom. The minimum absolute atomic E-state index is 0.00881. The molecule has 17 nitrogen and oxygen atoms in total. The molecule has 1 fully saturated rings. The predicted molar refractivity (Wildman–Crippen MR) is 195 cm³/mol. The second-order valence-electron chi connectivity index (χ2n) is 14.1. The number of piperidine rings is 1. The van der Waals surface area contributed by atoms with Crippen LogP contribution in [0.4, 0.5) is 9.59 Å². The summed E-state index contributed by atoms with van der Waals surface area (Å²) in [7, 11) is -9.23. The number of esters is 1. The Balaban J connectivity index is 1.81.